The highest BCUT2D eigenvalue weighted by molar-refractivity contribution is 5.78. The molecule has 0 saturated carbocycles. The average molecular weight is 250 g/mol. The molecule has 0 aliphatic carbocycles. The monoisotopic (exact) mass is 250 g/mol. The quantitative estimate of drug-likeness (QED) is 0.800. The van der Waals surface area contributed by atoms with E-state index < -0.39 is 6.10 Å². The molecule has 0 saturated heterocycles. The summed E-state index contributed by atoms with van der Waals surface area (Å²) in [5, 5.41) is 10.9. The van der Waals surface area contributed by atoms with Crippen LogP contribution in [0.4, 0.5) is 0 Å². The summed E-state index contributed by atoms with van der Waals surface area (Å²) in [4.78, 5) is 0. The van der Waals surface area contributed by atoms with Gasteiger partial charge in [-0.15, -0.1) is 0 Å². The summed E-state index contributed by atoms with van der Waals surface area (Å²) in [6.07, 6.45) is -0.741. The molecule has 0 spiro atoms. The van der Waals surface area contributed by atoms with Gasteiger partial charge >= 0.3 is 0 Å². The van der Waals surface area contributed by atoms with Crippen molar-refractivity contribution in [1.29, 1.82) is 0 Å². The number of furan rings is 1. The Morgan fingerprint density at radius 3 is 2.89 bits per heavy atom. The number of aliphatic hydroxyl groups is 1. The molecule has 1 heterocycles. The Balaban J connectivity index is 2.01. The summed E-state index contributed by atoms with van der Waals surface area (Å²) < 4.78 is 15.7. The lowest BCUT2D eigenvalue weighted by Gasteiger charge is -2.07. The Morgan fingerprint density at radius 1 is 1.28 bits per heavy atom. The van der Waals surface area contributed by atoms with Crippen molar-refractivity contribution in [3.8, 4) is 0 Å². The topological polar surface area (TPSA) is 51.8 Å². The second kappa shape index (κ2) is 6.00. The van der Waals surface area contributed by atoms with Gasteiger partial charge in [-0.25, -0.2) is 0 Å². The van der Waals surface area contributed by atoms with Gasteiger partial charge in [0.1, 0.15) is 17.4 Å². The zero-order valence-corrected chi connectivity index (χ0v) is 10.7. The number of fused-ring (bicyclic) bond motifs is 1. The molecule has 0 aliphatic rings. The van der Waals surface area contributed by atoms with Gasteiger partial charge in [0.15, 0.2) is 0 Å². The van der Waals surface area contributed by atoms with E-state index in [1.807, 2.05) is 31.2 Å². The van der Waals surface area contributed by atoms with Gasteiger partial charge in [0, 0.05) is 12.5 Å². The molecule has 1 N–H and O–H groups in total. The summed E-state index contributed by atoms with van der Waals surface area (Å²) in [6, 6.07) is 7.78. The molecule has 0 amide bonds. The first-order valence-electron chi connectivity index (χ1n) is 5.95. The largest absolute Gasteiger partial charge is 0.458 e. The normalized spacial score (nSPS) is 13.1. The zero-order chi connectivity index (χ0) is 13.0. The van der Waals surface area contributed by atoms with E-state index in [2.05, 4.69) is 0 Å². The molecule has 1 atom stereocenters. The summed E-state index contributed by atoms with van der Waals surface area (Å²) in [5.41, 5.74) is 1.95. The van der Waals surface area contributed by atoms with Gasteiger partial charge in [-0.2, -0.15) is 0 Å². The third-order valence-electron chi connectivity index (χ3n) is 2.73. The van der Waals surface area contributed by atoms with Gasteiger partial charge in [-0.1, -0.05) is 11.6 Å². The fourth-order valence-corrected chi connectivity index (χ4v) is 1.77. The van der Waals surface area contributed by atoms with E-state index in [-0.39, 0.29) is 6.61 Å². The molecule has 1 unspecified atom stereocenters. The minimum absolute atomic E-state index is 0.210. The van der Waals surface area contributed by atoms with Gasteiger partial charge in [0.25, 0.3) is 0 Å². The molecule has 2 aromatic rings. The van der Waals surface area contributed by atoms with Crippen molar-refractivity contribution in [3.63, 3.8) is 0 Å². The van der Waals surface area contributed by atoms with E-state index in [9.17, 15) is 5.11 Å². The SMILES string of the molecule is COCCOCC(O)c1cc2cc(C)ccc2o1. The smallest absolute Gasteiger partial charge is 0.136 e. The predicted octanol–water partition coefficient (Wildman–Crippen LogP) is 2.44. The molecule has 4 heteroatoms. The van der Waals surface area contributed by atoms with Crippen LogP contribution in [0.25, 0.3) is 11.0 Å². The Kier molecular flexibility index (Phi) is 4.36. The zero-order valence-electron chi connectivity index (χ0n) is 10.7. The van der Waals surface area contributed by atoms with Crippen molar-refractivity contribution in [1.82, 2.24) is 0 Å². The predicted molar refractivity (Wildman–Crippen MR) is 68.6 cm³/mol. The summed E-state index contributed by atoms with van der Waals surface area (Å²) in [6.45, 7) is 3.22. The van der Waals surface area contributed by atoms with Gasteiger partial charge < -0.3 is 19.0 Å². The van der Waals surface area contributed by atoms with Gasteiger partial charge in [0.2, 0.25) is 0 Å². The van der Waals surface area contributed by atoms with E-state index in [1.165, 1.54) is 5.56 Å². The fourth-order valence-electron chi connectivity index (χ4n) is 1.77. The lowest BCUT2D eigenvalue weighted by Crippen LogP contribution is -2.09. The van der Waals surface area contributed by atoms with E-state index in [0.29, 0.717) is 19.0 Å². The van der Waals surface area contributed by atoms with E-state index in [0.717, 1.165) is 11.0 Å². The highest BCUT2D eigenvalue weighted by atomic mass is 16.5. The van der Waals surface area contributed by atoms with Crippen LogP contribution in [0.5, 0.6) is 0 Å². The van der Waals surface area contributed by atoms with Crippen molar-refractivity contribution < 1.29 is 19.0 Å². The van der Waals surface area contributed by atoms with Crippen molar-refractivity contribution in [2.24, 2.45) is 0 Å². The van der Waals surface area contributed by atoms with E-state index in [4.69, 9.17) is 13.9 Å². The minimum Gasteiger partial charge on any atom is -0.458 e. The summed E-state index contributed by atoms with van der Waals surface area (Å²) in [5.74, 6) is 0.535. The van der Waals surface area contributed by atoms with Crippen LogP contribution in [-0.4, -0.2) is 32.0 Å². The lowest BCUT2D eigenvalue weighted by atomic mass is 10.2. The molecule has 1 aromatic heterocycles. The number of hydrogen-bond acceptors (Lipinski definition) is 4. The van der Waals surface area contributed by atoms with E-state index in [1.54, 1.807) is 7.11 Å². The Bertz CT molecular complexity index is 503. The highest BCUT2D eigenvalue weighted by Crippen LogP contribution is 2.24. The first-order valence-corrected chi connectivity index (χ1v) is 5.95. The summed E-state index contributed by atoms with van der Waals surface area (Å²) >= 11 is 0. The third kappa shape index (κ3) is 3.10. The molecular weight excluding hydrogens is 232 g/mol. The molecule has 0 bridgehead atoms. The first kappa shape index (κ1) is 13.1. The summed E-state index contributed by atoms with van der Waals surface area (Å²) in [7, 11) is 1.61. The average Bonchev–Trinajstić information content (AvgIpc) is 2.77. The molecule has 0 fully saturated rings. The van der Waals surface area contributed by atoms with Crippen LogP contribution < -0.4 is 0 Å². The maximum atomic E-state index is 9.93. The Labute approximate surface area is 106 Å². The Hall–Kier alpha value is -1.36. The molecule has 1 aromatic carbocycles. The molecular formula is C14H18O4. The highest BCUT2D eigenvalue weighted by Gasteiger charge is 2.13. The maximum absolute atomic E-state index is 9.93. The van der Waals surface area contributed by atoms with Crippen molar-refractivity contribution in [2.75, 3.05) is 26.9 Å². The van der Waals surface area contributed by atoms with Crippen LogP contribution >= 0.6 is 0 Å². The van der Waals surface area contributed by atoms with Crippen LogP contribution in [0.1, 0.15) is 17.4 Å². The molecule has 2 rings (SSSR count). The second-order valence-electron chi connectivity index (χ2n) is 4.27. The number of ether oxygens (including phenoxy) is 2. The number of aliphatic hydroxyl groups excluding tert-OH is 1. The van der Waals surface area contributed by atoms with Crippen molar-refractivity contribution in [2.45, 2.75) is 13.0 Å². The van der Waals surface area contributed by atoms with Crippen LogP contribution in [0.3, 0.4) is 0 Å². The van der Waals surface area contributed by atoms with Gasteiger partial charge in [-0.05, 0) is 25.1 Å². The number of benzene rings is 1. The van der Waals surface area contributed by atoms with Crippen molar-refractivity contribution >= 4 is 11.0 Å². The van der Waals surface area contributed by atoms with Gasteiger partial charge in [-0.3, -0.25) is 0 Å². The number of rotatable bonds is 6. The molecule has 0 aliphatic heterocycles. The second-order valence-corrected chi connectivity index (χ2v) is 4.27. The molecule has 98 valence electrons. The lowest BCUT2D eigenvalue weighted by molar-refractivity contribution is 0.00524. The first-order chi connectivity index (χ1) is 8.70. The fraction of sp³-hybridized carbons (Fsp3) is 0.429. The molecule has 18 heavy (non-hydrogen) atoms. The van der Waals surface area contributed by atoms with Crippen molar-refractivity contribution in [3.05, 3.63) is 35.6 Å². The number of methoxy groups -OCH3 is 1. The maximum Gasteiger partial charge on any atom is 0.136 e. The standard InChI is InChI=1S/C14H18O4/c1-10-3-4-13-11(7-10)8-14(18-13)12(15)9-17-6-5-16-2/h3-4,7-8,12,15H,5-6,9H2,1-2H3. The van der Waals surface area contributed by atoms with Crippen LogP contribution in [0.2, 0.25) is 0 Å². The van der Waals surface area contributed by atoms with Crippen LogP contribution in [-0.2, 0) is 9.47 Å². The number of hydrogen-bond donors (Lipinski definition) is 1. The Morgan fingerprint density at radius 2 is 2.11 bits per heavy atom. The minimum atomic E-state index is -0.741. The van der Waals surface area contributed by atoms with Crippen LogP contribution in [0, 0.1) is 6.92 Å². The molecule has 0 radical (unpaired) electrons. The van der Waals surface area contributed by atoms with Gasteiger partial charge in [0.05, 0.1) is 19.8 Å². The van der Waals surface area contributed by atoms with Crippen LogP contribution in [0.15, 0.2) is 28.7 Å². The third-order valence-corrected chi connectivity index (χ3v) is 2.73. The molecule has 4 nitrogen and oxygen atoms in total. The number of aryl methyl sites for hydroxylation is 1. The van der Waals surface area contributed by atoms with E-state index >= 15 is 0 Å².